The monoisotopic (exact) mass is 290 g/mol. The molecule has 5 nitrogen and oxygen atoms in total. The second kappa shape index (κ2) is 5.88. The van der Waals surface area contributed by atoms with Crippen LogP contribution in [0, 0.1) is 22.9 Å². The lowest BCUT2D eigenvalue weighted by Crippen LogP contribution is -2.08. The van der Waals surface area contributed by atoms with Gasteiger partial charge in [0.2, 0.25) is 5.75 Å². The molecule has 2 aromatic carbocycles. The van der Waals surface area contributed by atoms with E-state index in [0.29, 0.717) is 5.56 Å². The van der Waals surface area contributed by atoms with E-state index >= 15 is 0 Å². The minimum atomic E-state index is -0.611. The fourth-order valence-corrected chi connectivity index (χ4v) is 1.96. The topological polar surface area (TPSA) is 78.4 Å². The zero-order valence-electron chi connectivity index (χ0n) is 11.7. The lowest BCUT2D eigenvalue weighted by molar-refractivity contribution is -0.385. The summed E-state index contributed by atoms with van der Waals surface area (Å²) in [5, 5.41) is 11.0. The quantitative estimate of drug-likeness (QED) is 0.685. The van der Waals surface area contributed by atoms with Gasteiger partial charge < -0.3 is 10.5 Å². The Morgan fingerprint density at radius 2 is 2.05 bits per heavy atom. The third-order valence-corrected chi connectivity index (χ3v) is 3.01. The molecular formula is C15H15FN2O3. The first-order valence-corrected chi connectivity index (χ1v) is 6.37. The first-order valence-electron chi connectivity index (χ1n) is 6.37. The van der Waals surface area contributed by atoms with Crippen molar-refractivity contribution in [3.8, 4) is 11.5 Å². The van der Waals surface area contributed by atoms with E-state index in [1.165, 1.54) is 24.3 Å². The van der Waals surface area contributed by atoms with Crippen molar-refractivity contribution in [2.24, 2.45) is 5.73 Å². The van der Waals surface area contributed by atoms with Crippen molar-refractivity contribution in [1.29, 1.82) is 0 Å². The highest BCUT2D eigenvalue weighted by Crippen LogP contribution is 2.36. The number of nitrogens with zero attached hydrogens (tertiary/aromatic N) is 1. The molecule has 0 saturated carbocycles. The summed E-state index contributed by atoms with van der Waals surface area (Å²) in [7, 11) is 0. The summed E-state index contributed by atoms with van der Waals surface area (Å²) in [5.74, 6) is -0.700. The molecule has 0 aliphatic heterocycles. The average Bonchev–Trinajstić information content (AvgIpc) is 2.40. The first kappa shape index (κ1) is 14.9. The van der Waals surface area contributed by atoms with Gasteiger partial charge in [0, 0.05) is 17.7 Å². The van der Waals surface area contributed by atoms with Crippen LogP contribution < -0.4 is 10.5 Å². The van der Waals surface area contributed by atoms with Crippen molar-refractivity contribution in [3.63, 3.8) is 0 Å². The van der Waals surface area contributed by atoms with Gasteiger partial charge in [-0.2, -0.15) is 0 Å². The van der Waals surface area contributed by atoms with Crippen LogP contribution in [-0.4, -0.2) is 4.92 Å². The van der Waals surface area contributed by atoms with Crippen molar-refractivity contribution < 1.29 is 14.1 Å². The number of nitrogens with two attached hydrogens (primary N) is 1. The second-order valence-electron chi connectivity index (χ2n) is 4.78. The summed E-state index contributed by atoms with van der Waals surface area (Å²) in [5.41, 5.74) is 6.78. The standard InChI is InChI=1S/C15H15FN2O3/c1-9-6-7-13(18(19)20)14(8-9)21-15-11(10(2)17)4-3-5-12(15)16/h3-8,10H,17H2,1-2H3/t10-/m1/s1. The van der Waals surface area contributed by atoms with Crippen LogP contribution in [-0.2, 0) is 0 Å². The fourth-order valence-electron chi connectivity index (χ4n) is 1.96. The van der Waals surface area contributed by atoms with E-state index in [-0.39, 0.29) is 17.2 Å². The maximum atomic E-state index is 14.0. The molecule has 0 fully saturated rings. The highest BCUT2D eigenvalue weighted by Gasteiger charge is 2.20. The Bertz CT molecular complexity index is 687. The molecule has 0 aromatic heterocycles. The molecule has 0 bridgehead atoms. The lowest BCUT2D eigenvalue weighted by Gasteiger charge is -2.14. The van der Waals surface area contributed by atoms with Gasteiger partial charge in [0.05, 0.1) is 4.92 Å². The van der Waals surface area contributed by atoms with Crippen LogP contribution in [0.25, 0.3) is 0 Å². The van der Waals surface area contributed by atoms with Crippen molar-refractivity contribution >= 4 is 5.69 Å². The van der Waals surface area contributed by atoms with Gasteiger partial charge in [0.1, 0.15) is 0 Å². The van der Waals surface area contributed by atoms with Crippen molar-refractivity contribution in [3.05, 3.63) is 63.5 Å². The third kappa shape index (κ3) is 3.17. The number of aryl methyl sites for hydroxylation is 1. The van der Waals surface area contributed by atoms with Crippen LogP contribution in [0.3, 0.4) is 0 Å². The molecule has 21 heavy (non-hydrogen) atoms. The van der Waals surface area contributed by atoms with Crippen molar-refractivity contribution in [2.45, 2.75) is 19.9 Å². The minimum Gasteiger partial charge on any atom is -0.447 e. The van der Waals surface area contributed by atoms with Crippen molar-refractivity contribution in [2.75, 3.05) is 0 Å². The SMILES string of the molecule is Cc1ccc([N+](=O)[O-])c(Oc2c(F)cccc2[C@@H](C)N)c1. The maximum absolute atomic E-state index is 14.0. The molecule has 1 atom stereocenters. The van der Waals surface area contributed by atoms with E-state index in [2.05, 4.69) is 0 Å². The molecule has 0 radical (unpaired) electrons. The molecule has 110 valence electrons. The molecule has 6 heteroatoms. The molecule has 2 rings (SSSR count). The van der Waals surface area contributed by atoms with E-state index < -0.39 is 16.8 Å². The summed E-state index contributed by atoms with van der Waals surface area (Å²) in [6.07, 6.45) is 0. The van der Waals surface area contributed by atoms with E-state index in [9.17, 15) is 14.5 Å². The van der Waals surface area contributed by atoms with Crippen LogP contribution in [0.2, 0.25) is 0 Å². The van der Waals surface area contributed by atoms with Crippen LogP contribution in [0.5, 0.6) is 11.5 Å². The smallest absolute Gasteiger partial charge is 0.311 e. The third-order valence-electron chi connectivity index (χ3n) is 3.01. The van der Waals surface area contributed by atoms with Crippen molar-refractivity contribution in [1.82, 2.24) is 0 Å². The Labute approximate surface area is 121 Å². The second-order valence-corrected chi connectivity index (χ2v) is 4.78. The molecular weight excluding hydrogens is 275 g/mol. The number of rotatable bonds is 4. The molecule has 0 unspecified atom stereocenters. The van der Waals surface area contributed by atoms with Crippen LogP contribution in [0.15, 0.2) is 36.4 Å². The Kier molecular flexibility index (Phi) is 4.18. The Balaban J connectivity index is 2.53. The van der Waals surface area contributed by atoms with Gasteiger partial charge in [0.15, 0.2) is 11.6 Å². The summed E-state index contributed by atoms with van der Waals surface area (Å²) in [6.45, 7) is 3.46. The molecule has 0 saturated heterocycles. The Morgan fingerprint density at radius 1 is 1.33 bits per heavy atom. The number of nitro groups is 1. The summed E-state index contributed by atoms with van der Waals surface area (Å²) in [6, 6.07) is 8.34. The van der Waals surface area contributed by atoms with Gasteiger partial charge in [-0.1, -0.05) is 18.2 Å². The average molecular weight is 290 g/mol. The molecule has 0 aliphatic rings. The number of ether oxygens (including phenoxy) is 1. The molecule has 0 aliphatic carbocycles. The predicted molar refractivity (Wildman–Crippen MR) is 76.9 cm³/mol. The van der Waals surface area contributed by atoms with E-state index in [4.69, 9.17) is 10.5 Å². The molecule has 2 N–H and O–H groups in total. The predicted octanol–water partition coefficient (Wildman–Crippen LogP) is 3.85. The summed E-state index contributed by atoms with van der Waals surface area (Å²) < 4.78 is 19.5. The zero-order valence-corrected chi connectivity index (χ0v) is 11.7. The van der Waals surface area contributed by atoms with Gasteiger partial charge in [-0.15, -0.1) is 0 Å². The number of benzene rings is 2. The summed E-state index contributed by atoms with van der Waals surface area (Å²) >= 11 is 0. The van der Waals surface area contributed by atoms with Gasteiger partial charge >= 0.3 is 5.69 Å². The van der Waals surface area contributed by atoms with Crippen LogP contribution in [0.1, 0.15) is 24.1 Å². The normalized spacial score (nSPS) is 12.0. The molecule has 2 aromatic rings. The number of para-hydroxylation sites is 1. The number of halogens is 1. The highest BCUT2D eigenvalue weighted by atomic mass is 19.1. The van der Waals surface area contributed by atoms with E-state index in [0.717, 1.165) is 5.56 Å². The van der Waals surface area contributed by atoms with E-state index in [1.807, 2.05) is 0 Å². The van der Waals surface area contributed by atoms with Gasteiger partial charge in [0.25, 0.3) is 0 Å². The van der Waals surface area contributed by atoms with Gasteiger partial charge in [-0.25, -0.2) is 4.39 Å². The lowest BCUT2D eigenvalue weighted by atomic mass is 10.1. The van der Waals surface area contributed by atoms with Crippen LogP contribution in [0.4, 0.5) is 10.1 Å². The largest absolute Gasteiger partial charge is 0.447 e. The highest BCUT2D eigenvalue weighted by molar-refractivity contribution is 5.51. The van der Waals surface area contributed by atoms with Gasteiger partial charge in [-0.05, 0) is 31.5 Å². The first-order chi connectivity index (χ1) is 9.90. The number of hydrogen-bond acceptors (Lipinski definition) is 4. The maximum Gasteiger partial charge on any atom is 0.311 e. The zero-order chi connectivity index (χ0) is 15.6. The minimum absolute atomic E-state index is 0.00741. The molecule has 0 heterocycles. The number of nitro benzene ring substituents is 1. The Morgan fingerprint density at radius 3 is 2.67 bits per heavy atom. The number of hydrogen-bond donors (Lipinski definition) is 1. The molecule has 0 amide bonds. The Hall–Kier alpha value is -2.47. The van der Waals surface area contributed by atoms with Crippen LogP contribution >= 0.6 is 0 Å². The fraction of sp³-hybridized carbons (Fsp3) is 0.200. The summed E-state index contributed by atoms with van der Waals surface area (Å²) in [4.78, 5) is 10.5. The molecule has 0 spiro atoms. The van der Waals surface area contributed by atoms with E-state index in [1.54, 1.807) is 26.0 Å². The van der Waals surface area contributed by atoms with Gasteiger partial charge in [-0.3, -0.25) is 10.1 Å².